The molecule has 156 valence electrons. The lowest BCUT2D eigenvalue weighted by molar-refractivity contribution is -0.131. The van der Waals surface area contributed by atoms with Crippen LogP contribution in [0.5, 0.6) is 0 Å². The number of carbonyl (C=O) groups excluding carboxylic acids is 2. The van der Waals surface area contributed by atoms with E-state index in [1.807, 2.05) is 45.7 Å². The molecule has 0 bridgehead atoms. The van der Waals surface area contributed by atoms with Gasteiger partial charge < -0.3 is 14.2 Å². The molecule has 2 amide bonds. The highest BCUT2D eigenvalue weighted by atomic mass is 16.2. The van der Waals surface area contributed by atoms with Gasteiger partial charge in [0.15, 0.2) is 0 Å². The third-order valence-electron chi connectivity index (χ3n) is 6.51. The number of rotatable bonds is 5. The first-order chi connectivity index (χ1) is 14.1. The molecule has 0 spiro atoms. The molecule has 1 aliphatic heterocycles. The number of aromatic nitrogens is 2. The van der Waals surface area contributed by atoms with E-state index in [1.54, 1.807) is 0 Å². The molecule has 0 atom stereocenters. The summed E-state index contributed by atoms with van der Waals surface area (Å²) in [6.45, 7) is 4.30. The molecule has 6 heteroatoms. The summed E-state index contributed by atoms with van der Waals surface area (Å²) in [6.07, 6.45) is 12.5. The first kappa shape index (κ1) is 19.9. The average molecular weight is 397 g/mol. The predicted octanol–water partition coefficient (Wildman–Crippen LogP) is 3.56. The van der Waals surface area contributed by atoms with Crippen molar-refractivity contribution in [3.8, 4) is 0 Å². The van der Waals surface area contributed by atoms with Crippen molar-refractivity contribution >= 4 is 17.5 Å². The molecule has 2 aromatic heterocycles. The SMILES string of the molecule is Cc1cccn2cc(CN3CCN(C(=O)CCC4CCCCC4)CCC3=O)nc12. The standard InChI is InChI=1S/C23H32N4O2/c1-18-6-5-12-27-17-20(24-23(18)27)16-26-15-14-25(13-11-22(26)29)21(28)10-9-19-7-3-2-4-8-19/h5-6,12,17,19H,2-4,7-11,13-16H2,1H3. The van der Waals surface area contributed by atoms with Crippen LogP contribution < -0.4 is 0 Å². The minimum absolute atomic E-state index is 0.112. The van der Waals surface area contributed by atoms with E-state index in [0.29, 0.717) is 39.0 Å². The minimum atomic E-state index is 0.112. The van der Waals surface area contributed by atoms with Crippen LogP contribution in [0.25, 0.3) is 5.65 Å². The number of imidazole rings is 1. The molecule has 2 aromatic rings. The normalized spacial score (nSPS) is 19.0. The molecule has 0 unspecified atom stereocenters. The van der Waals surface area contributed by atoms with Crippen molar-refractivity contribution in [1.29, 1.82) is 0 Å². The van der Waals surface area contributed by atoms with Crippen LogP contribution in [0, 0.1) is 12.8 Å². The summed E-state index contributed by atoms with van der Waals surface area (Å²) in [5.74, 6) is 1.05. The van der Waals surface area contributed by atoms with Crippen LogP contribution in [-0.4, -0.2) is 50.6 Å². The molecular formula is C23H32N4O2. The van der Waals surface area contributed by atoms with E-state index in [4.69, 9.17) is 4.98 Å². The fourth-order valence-electron chi connectivity index (χ4n) is 4.72. The molecule has 2 aliphatic rings. The van der Waals surface area contributed by atoms with Crippen molar-refractivity contribution in [3.05, 3.63) is 35.8 Å². The zero-order valence-electron chi connectivity index (χ0n) is 17.5. The molecule has 0 N–H and O–H groups in total. The number of carbonyl (C=O) groups is 2. The summed E-state index contributed by atoms with van der Waals surface area (Å²) in [4.78, 5) is 33.8. The van der Waals surface area contributed by atoms with E-state index in [-0.39, 0.29) is 11.8 Å². The van der Waals surface area contributed by atoms with E-state index < -0.39 is 0 Å². The van der Waals surface area contributed by atoms with Crippen molar-refractivity contribution in [1.82, 2.24) is 19.2 Å². The summed E-state index contributed by atoms with van der Waals surface area (Å²) in [7, 11) is 0. The fourth-order valence-corrected chi connectivity index (χ4v) is 4.72. The van der Waals surface area contributed by atoms with Gasteiger partial charge in [-0.3, -0.25) is 9.59 Å². The first-order valence-corrected chi connectivity index (χ1v) is 11.1. The number of hydrogen-bond acceptors (Lipinski definition) is 3. The van der Waals surface area contributed by atoms with Gasteiger partial charge in [-0.2, -0.15) is 0 Å². The highest BCUT2D eigenvalue weighted by molar-refractivity contribution is 5.80. The van der Waals surface area contributed by atoms with Gasteiger partial charge in [-0.25, -0.2) is 4.98 Å². The summed E-state index contributed by atoms with van der Waals surface area (Å²) in [6, 6.07) is 4.04. The smallest absolute Gasteiger partial charge is 0.224 e. The molecule has 0 aromatic carbocycles. The number of nitrogens with zero attached hydrogens (tertiary/aromatic N) is 4. The lowest BCUT2D eigenvalue weighted by Crippen LogP contribution is -2.35. The van der Waals surface area contributed by atoms with Crippen molar-refractivity contribution in [3.63, 3.8) is 0 Å². The third-order valence-corrected chi connectivity index (χ3v) is 6.51. The van der Waals surface area contributed by atoms with E-state index in [2.05, 4.69) is 0 Å². The largest absolute Gasteiger partial charge is 0.340 e. The van der Waals surface area contributed by atoms with Gasteiger partial charge in [0.1, 0.15) is 5.65 Å². The van der Waals surface area contributed by atoms with Crippen LogP contribution in [0.3, 0.4) is 0 Å². The number of aryl methyl sites for hydroxylation is 1. The molecule has 1 saturated heterocycles. The number of amides is 2. The molecule has 6 nitrogen and oxygen atoms in total. The summed E-state index contributed by atoms with van der Waals surface area (Å²) in [5.41, 5.74) is 2.95. The maximum absolute atomic E-state index is 12.7. The highest BCUT2D eigenvalue weighted by Gasteiger charge is 2.25. The maximum Gasteiger partial charge on any atom is 0.224 e. The Labute approximate surface area is 172 Å². The van der Waals surface area contributed by atoms with Crippen LogP contribution in [-0.2, 0) is 16.1 Å². The van der Waals surface area contributed by atoms with Crippen LogP contribution >= 0.6 is 0 Å². The average Bonchev–Trinajstić information content (AvgIpc) is 3.06. The summed E-state index contributed by atoms with van der Waals surface area (Å²) in [5, 5.41) is 0. The molecule has 3 heterocycles. The first-order valence-electron chi connectivity index (χ1n) is 11.1. The van der Waals surface area contributed by atoms with E-state index in [1.165, 1.54) is 32.1 Å². The quantitative estimate of drug-likeness (QED) is 0.776. The third kappa shape index (κ3) is 4.80. The predicted molar refractivity (Wildman–Crippen MR) is 112 cm³/mol. The molecule has 1 aliphatic carbocycles. The van der Waals surface area contributed by atoms with Gasteiger partial charge in [0.25, 0.3) is 0 Å². The summed E-state index contributed by atoms with van der Waals surface area (Å²) >= 11 is 0. The van der Waals surface area contributed by atoms with Gasteiger partial charge in [-0.15, -0.1) is 0 Å². The van der Waals surface area contributed by atoms with E-state index >= 15 is 0 Å². The molecular weight excluding hydrogens is 364 g/mol. The van der Waals surface area contributed by atoms with E-state index in [9.17, 15) is 9.59 Å². The van der Waals surface area contributed by atoms with Crippen LogP contribution in [0.1, 0.15) is 62.6 Å². The van der Waals surface area contributed by atoms with Gasteiger partial charge >= 0.3 is 0 Å². The topological polar surface area (TPSA) is 57.9 Å². The molecule has 4 rings (SSSR count). The Morgan fingerprint density at radius 2 is 2.00 bits per heavy atom. The monoisotopic (exact) mass is 396 g/mol. The Balaban J connectivity index is 1.33. The van der Waals surface area contributed by atoms with Gasteiger partial charge in [-0.1, -0.05) is 38.2 Å². The minimum Gasteiger partial charge on any atom is -0.340 e. The van der Waals surface area contributed by atoms with Crippen molar-refractivity contribution in [2.24, 2.45) is 5.92 Å². The van der Waals surface area contributed by atoms with Gasteiger partial charge in [0.2, 0.25) is 11.8 Å². The van der Waals surface area contributed by atoms with Crippen LogP contribution in [0.4, 0.5) is 0 Å². The Morgan fingerprint density at radius 3 is 2.79 bits per heavy atom. The van der Waals surface area contributed by atoms with Gasteiger partial charge in [0.05, 0.1) is 12.2 Å². The second kappa shape index (κ2) is 8.97. The molecule has 0 radical (unpaired) electrons. The number of hydrogen-bond donors (Lipinski definition) is 0. The lowest BCUT2D eigenvalue weighted by Gasteiger charge is -2.24. The lowest BCUT2D eigenvalue weighted by atomic mass is 9.86. The Hall–Kier alpha value is -2.37. The fraction of sp³-hybridized carbons (Fsp3) is 0.609. The molecule has 2 fully saturated rings. The van der Waals surface area contributed by atoms with Crippen LogP contribution in [0.2, 0.25) is 0 Å². The van der Waals surface area contributed by atoms with Crippen molar-refractivity contribution in [2.75, 3.05) is 19.6 Å². The molecule has 1 saturated carbocycles. The second-order valence-corrected chi connectivity index (χ2v) is 8.64. The zero-order chi connectivity index (χ0) is 20.2. The number of pyridine rings is 1. The Morgan fingerprint density at radius 1 is 1.17 bits per heavy atom. The van der Waals surface area contributed by atoms with Gasteiger partial charge in [0, 0.05) is 44.9 Å². The molecule has 29 heavy (non-hydrogen) atoms. The Kier molecular flexibility index (Phi) is 6.16. The van der Waals surface area contributed by atoms with Gasteiger partial charge in [-0.05, 0) is 30.9 Å². The number of fused-ring (bicyclic) bond motifs is 1. The highest BCUT2D eigenvalue weighted by Crippen LogP contribution is 2.27. The zero-order valence-corrected chi connectivity index (χ0v) is 17.5. The van der Waals surface area contributed by atoms with Crippen molar-refractivity contribution < 1.29 is 9.59 Å². The Bertz CT molecular complexity index is 869. The van der Waals surface area contributed by atoms with Crippen LogP contribution in [0.15, 0.2) is 24.5 Å². The summed E-state index contributed by atoms with van der Waals surface area (Å²) < 4.78 is 2.01. The van der Waals surface area contributed by atoms with Crippen molar-refractivity contribution in [2.45, 2.75) is 64.8 Å². The maximum atomic E-state index is 12.7. The second-order valence-electron chi connectivity index (χ2n) is 8.64. The van der Waals surface area contributed by atoms with E-state index in [0.717, 1.165) is 29.2 Å².